The maximum atomic E-state index is 12.6. The van der Waals surface area contributed by atoms with Gasteiger partial charge in [-0.1, -0.05) is 12.8 Å². The molecule has 7 heteroatoms. The standard InChI is InChI=1S/C12H18N2O3S2/c1-19(16,17)10-8-18-7-6-14(10)11(15)12(9-13)4-2-3-5-12/h10H,2-8H2,1H3. The van der Waals surface area contributed by atoms with Crippen molar-refractivity contribution >= 4 is 27.5 Å². The molecule has 0 N–H and O–H groups in total. The highest BCUT2D eigenvalue weighted by Crippen LogP contribution is 2.40. The first-order valence-corrected chi connectivity index (χ1v) is 9.51. The Morgan fingerprint density at radius 2 is 2.05 bits per heavy atom. The highest BCUT2D eigenvalue weighted by molar-refractivity contribution is 8.00. The third kappa shape index (κ3) is 2.75. The SMILES string of the molecule is CS(=O)(=O)C1CSCCN1C(=O)C1(C#N)CCCC1. The number of thioether (sulfide) groups is 1. The molecule has 1 unspecified atom stereocenters. The molecular formula is C12H18N2O3S2. The lowest BCUT2D eigenvalue weighted by molar-refractivity contribution is -0.139. The van der Waals surface area contributed by atoms with Crippen molar-refractivity contribution in [2.24, 2.45) is 5.41 Å². The number of carbonyl (C=O) groups excluding carboxylic acids is 1. The summed E-state index contributed by atoms with van der Waals surface area (Å²) < 4.78 is 23.6. The highest BCUT2D eigenvalue weighted by Gasteiger charge is 2.47. The second-order valence-electron chi connectivity index (χ2n) is 5.26. The van der Waals surface area contributed by atoms with Crippen LogP contribution < -0.4 is 0 Å². The van der Waals surface area contributed by atoms with Crippen LogP contribution in [0.15, 0.2) is 0 Å². The van der Waals surface area contributed by atoms with E-state index in [-0.39, 0.29) is 5.91 Å². The zero-order valence-electron chi connectivity index (χ0n) is 11.0. The van der Waals surface area contributed by atoms with Crippen molar-refractivity contribution in [2.75, 3.05) is 24.3 Å². The zero-order valence-corrected chi connectivity index (χ0v) is 12.6. The molecule has 1 atom stereocenters. The first kappa shape index (κ1) is 14.7. The Balaban J connectivity index is 2.28. The van der Waals surface area contributed by atoms with Gasteiger partial charge < -0.3 is 4.90 Å². The van der Waals surface area contributed by atoms with Crippen LogP contribution in [-0.4, -0.2) is 48.9 Å². The van der Waals surface area contributed by atoms with E-state index in [0.29, 0.717) is 25.1 Å². The molecule has 1 amide bonds. The number of nitriles is 1. The van der Waals surface area contributed by atoms with Gasteiger partial charge in [-0.15, -0.1) is 0 Å². The lowest BCUT2D eigenvalue weighted by atomic mass is 9.86. The summed E-state index contributed by atoms with van der Waals surface area (Å²) in [5.74, 6) is 0.869. The van der Waals surface area contributed by atoms with E-state index in [9.17, 15) is 18.5 Å². The van der Waals surface area contributed by atoms with Crippen LogP contribution in [0, 0.1) is 16.7 Å². The Hall–Kier alpha value is -0.740. The van der Waals surface area contributed by atoms with Crippen molar-refractivity contribution in [3.05, 3.63) is 0 Å². The molecule has 0 bridgehead atoms. The molecule has 1 saturated heterocycles. The third-order valence-corrected chi connectivity index (χ3v) is 6.56. The summed E-state index contributed by atoms with van der Waals surface area (Å²) in [6.07, 6.45) is 4.01. The first-order chi connectivity index (χ1) is 8.91. The van der Waals surface area contributed by atoms with Crippen LogP contribution in [0.25, 0.3) is 0 Å². The van der Waals surface area contributed by atoms with Crippen molar-refractivity contribution in [3.63, 3.8) is 0 Å². The summed E-state index contributed by atoms with van der Waals surface area (Å²) in [5.41, 5.74) is -0.981. The van der Waals surface area contributed by atoms with Gasteiger partial charge >= 0.3 is 0 Å². The summed E-state index contributed by atoms with van der Waals surface area (Å²) in [6.45, 7) is 0.421. The highest BCUT2D eigenvalue weighted by atomic mass is 32.2. The topological polar surface area (TPSA) is 78.2 Å². The minimum atomic E-state index is -3.31. The largest absolute Gasteiger partial charge is 0.323 e. The van der Waals surface area contributed by atoms with Crippen molar-refractivity contribution in [3.8, 4) is 6.07 Å². The molecule has 1 saturated carbocycles. The maximum absolute atomic E-state index is 12.6. The molecule has 19 heavy (non-hydrogen) atoms. The minimum Gasteiger partial charge on any atom is -0.323 e. The van der Waals surface area contributed by atoms with Crippen LogP contribution in [0.2, 0.25) is 0 Å². The molecule has 0 aromatic carbocycles. The lowest BCUT2D eigenvalue weighted by Gasteiger charge is -2.37. The predicted octanol–water partition coefficient (Wildman–Crippen LogP) is 1.02. The molecule has 0 spiro atoms. The molecule has 1 aliphatic heterocycles. The van der Waals surface area contributed by atoms with Gasteiger partial charge in [0.05, 0.1) is 6.07 Å². The first-order valence-electron chi connectivity index (χ1n) is 6.40. The average molecular weight is 302 g/mol. The van der Waals surface area contributed by atoms with Gasteiger partial charge in [0.2, 0.25) is 5.91 Å². The van der Waals surface area contributed by atoms with Gasteiger partial charge in [0, 0.05) is 24.3 Å². The minimum absolute atomic E-state index is 0.275. The van der Waals surface area contributed by atoms with Gasteiger partial charge in [0.25, 0.3) is 0 Å². The van der Waals surface area contributed by atoms with Crippen molar-refractivity contribution in [2.45, 2.75) is 31.1 Å². The Bertz CT molecular complexity index is 504. The number of hydrogen-bond acceptors (Lipinski definition) is 5. The van der Waals surface area contributed by atoms with Crippen LogP contribution in [-0.2, 0) is 14.6 Å². The zero-order chi connectivity index (χ0) is 14.1. The number of sulfone groups is 1. The summed E-state index contributed by atoms with van der Waals surface area (Å²) in [7, 11) is -3.31. The van der Waals surface area contributed by atoms with Gasteiger partial charge in [0.15, 0.2) is 9.84 Å². The van der Waals surface area contributed by atoms with E-state index in [2.05, 4.69) is 6.07 Å². The normalized spacial score (nSPS) is 26.9. The quantitative estimate of drug-likeness (QED) is 0.761. The van der Waals surface area contributed by atoms with Crippen LogP contribution >= 0.6 is 11.8 Å². The summed E-state index contributed by atoms with van der Waals surface area (Å²) in [5, 5.41) is 8.58. The molecule has 2 aliphatic rings. The van der Waals surface area contributed by atoms with Gasteiger partial charge in [-0.05, 0) is 12.8 Å². The molecule has 2 rings (SSSR count). The van der Waals surface area contributed by atoms with Crippen LogP contribution in [0.3, 0.4) is 0 Å². The fourth-order valence-electron chi connectivity index (χ4n) is 2.80. The summed E-state index contributed by atoms with van der Waals surface area (Å²) >= 11 is 1.54. The van der Waals surface area contributed by atoms with E-state index in [1.54, 1.807) is 11.8 Å². The number of nitrogens with zero attached hydrogens (tertiary/aromatic N) is 2. The summed E-state index contributed by atoms with van der Waals surface area (Å²) in [4.78, 5) is 14.1. The van der Waals surface area contributed by atoms with Crippen molar-refractivity contribution in [1.82, 2.24) is 4.90 Å². The van der Waals surface area contributed by atoms with Crippen LogP contribution in [0.1, 0.15) is 25.7 Å². The molecule has 0 aromatic rings. The van der Waals surface area contributed by atoms with E-state index in [1.807, 2.05) is 0 Å². The second kappa shape index (κ2) is 5.33. The number of carbonyl (C=O) groups is 1. The molecule has 1 aliphatic carbocycles. The number of hydrogen-bond donors (Lipinski definition) is 0. The van der Waals surface area contributed by atoms with Gasteiger partial charge in [-0.3, -0.25) is 4.79 Å². The Morgan fingerprint density at radius 3 is 2.58 bits per heavy atom. The predicted molar refractivity (Wildman–Crippen MR) is 74.2 cm³/mol. The fourth-order valence-corrected chi connectivity index (χ4v) is 5.61. The third-order valence-electron chi connectivity index (χ3n) is 3.92. The number of amides is 1. The second-order valence-corrected chi connectivity index (χ2v) is 8.61. The fraction of sp³-hybridized carbons (Fsp3) is 0.833. The van der Waals surface area contributed by atoms with Gasteiger partial charge in [-0.25, -0.2) is 8.42 Å². The lowest BCUT2D eigenvalue weighted by Crippen LogP contribution is -2.54. The molecular weight excluding hydrogens is 284 g/mol. The molecule has 5 nitrogen and oxygen atoms in total. The maximum Gasteiger partial charge on any atom is 0.244 e. The molecule has 0 radical (unpaired) electrons. The van der Waals surface area contributed by atoms with E-state index >= 15 is 0 Å². The Kier molecular flexibility index (Phi) is 4.11. The van der Waals surface area contributed by atoms with Gasteiger partial charge in [0.1, 0.15) is 10.8 Å². The molecule has 1 heterocycles. The van der Waals surface area contributed by atoms with Gasteiger partial charge in [-0.2, -0.15) is 17.0 Å². The Labute approximate surface area is 118 Å². The van der Waals surface area contributed by atoms with Crippen molar-refractivity contribution < 1.29 is 13.2 Å². The van der Waals surface area contributed by atoms with E-state index < -0.39 is 20.6 Å². The van der Waals surface area contributed by atoms with E-state index in [4.69, 9.17) is 0 Å². The average Bonchev–Trinajstić information content (AvgIpc) is 2.87. The van der Waals surface area contributed by atoms with E-state index in [0.717, 1.165) is 24.9 Å². The van der Waals surface area contributed by atoms with Crippen LogP contribution in [0.5, 0.6) is 0 Å². The molecule has 0 aromatic heterocycles. The smallest absolute Gasteiger partial charge is 0.244 e. The number of rotatable bonds is 2. The monoisotopic (exact) mass is 302 g/mol. The van der Waals surface area contributed by atoms with E-state index in [1.165, 1.54) is 4.90 Å². The molecule has 106 valence electrons. The summed E-state index contributed by atoms with van der Waals surface area (Å²) in [6, 6.07) is 2.15. The van der Waals surface area contributed by atoms with Crippen molar-refractivity contribution in [1.29, 1.82) is 5.26 Å². The molecule has 2 fully saturated rings. The Morgan fingerprint density at radius 1 is 1.42 bits per heavy atom. The van der Waals surface area contributed by atoms with Crippen LogP contribution in [0.4, 0.5) is 0 Å².